The Hall–Kier alpha value is -1.90. The summed E-state index contributed by atoms with van der Waals surface area (Å²) in [5.74, 6) is 0.539. The lowest BCUT2D eigenvalue weighted by atomic mass is 9.83. The zero-order chi connectivity index (χ0) is 19.9. The van der Waals surface area contributed by atoms with E-state index in [1.54, 1.807) is 0 Å². The van der Waals surface area contributed by atoms with Crippen molar-refractivity contribution in [2.45, 2.75) is 49.5 Å². The first-order valence-electron chi connectivity index (χ1n) is 9.58. The molecule has 1 aromatic carbocycles. The van der Waals surface area contributed by atoms with Gasteiger partial charge in [0.2, 0.25) is 10.0 Å². The third kappa shape index (κ3) is 3.33. The van der Waals surface area contributed by atoms with E-state index < -0.39 is 21.4 Å². The van der Waals surface area contributed by atoms with Gasteiger partial charge in [-0.15, -0.1) is 0 Å². The molecule has 1 aromatic heterocycles. The number of hydrogen-bond acceptors (Lipinski definition) is 5. The topological polar surface area (TPSA) is 72.4 Å². The molecule has 28 heavy (non-hydrogen) atoms. The van der Waals surface area contributed by atoms with Gasteiger partial charge in [0.1, 0.15) is 17.2 Å². The van der Waals surface area contributed by atoms with Crippen molar-refractivity contribution >= 4 is 10.0 Å². The molecule has 2 aromatic rings. The van der Waals surface area contributed by atoms with Gasteiger partial charge in [-0.05, 0) is 49.1 Å². The molecule has 0 amide bonds. The summed E-state index contributed by atoms with van der Waals surface area (Å²) in [6, 6.07) is 4.96. The minimum Gasteiger partial charge on any atom is -0.368 e. The summed E-state index contributed by atoms with van der Waals surface area (Å²) in [6.07, 6.45) is 3.74. The molecule has 0 N–H and O–H groups in total. The summed E-state index contributed by atoms with van der Waals surface area (Å²) in [7, 11) is -3.65. The molecule has 2 aliphatic rings. The minimum atomic E-state index is -3.65. The number of ether oxygens (including phenoxy) is 1. The van der Waals surface area contributed by atoms with E-state index in [1.807, 2.05) is 6.20 Å². The number of piperidine rings is 1. The van der Waals surface area contributed by atoms with E-state index in [1.165, 1.54) is 28.6 Å². The lowest BCUT2D eigenvalue weighted by molar-refractivity contribution is -0.0927. The SMILES string of the molecule is CC(C)c1ncc2c(n1)C1(CCN(S(=O)(=O)c3ccc(F)cc3)CC1)OCC2. The maximum Gasteiger partial charge on any atom is 0.243 e. The summed E-state index contributed by atoms with van der Waals surface area (Å²) < 4.78 is 46.6. The molecule has 3 heterocycles. The third-order valence-corrected chi connectivity index (χ3v) is 7.48. The molecule has 6 nitrogen and oxygen atoms in total. The van der Waals surface area contributed by atoms with Crippen molar-refractivity contribution in [2.24, 2.45) is 0 Å². The maximum absolute atomic E-state index is 13.1. The lowest BCUT2D eigenvalue weighted by Crippen LogP contribution is -2.49. The summed E-state index contributed by atoms with van der Waals surface area (Å²) in [4.78, 5) is 9.38. The van der Waals surface area contributed by atoms with Gasteiger partial charge in [-0.25, -0.2) is 22.8 Å². The summed E-state index contributed by atoms with van der Waals surface area (Å²) in [5, 5.41) is 0. The molecule has 0 radical (unpaired) electrons. The van der Waals surface area contributed by atoms with Crippen LogP contribution in [0.3, 0.4) is 0 Å². The van der Waals surface area contributed by atoms with E-state index in [0.717, 1.165) is 23.5 Å². The second kappa shape index (κ2) is 7.17. The van der Waals surface area contributed by atoms with Crippen LogP contribution < -0.4 is 0 Å². The molecular weight excluding hydrogens is 381 g/mol. The van der Waals surface area contributed by atoms with Gasteiger partial charge in [0, 0.05) is 25.2 Å². The molecule has 8 heteroatoms. The Morgan fingerprint density at radius 2 is 1.86 bits per heavy atom. The maximum atomic E-state index is 13.1. The van der Waals surface area contributed by atoms with Crippen LogP contribution in [0.5, 0.6) is 0 Å². The van der Waals surface area contributed by atoms with Crippen molar-refractivity contribution in [2.75, 3.05) is 19.7 Å². The molecule has 4 rings (SSSR count). The van der Waals surface area contributed by atoms with Gasteiger partial charge in [0.25, 0.3) is 0 Å². The van der Waals surface area contributed by atoms with Gasteiger partial charge in [0.15, 0.2) is 0 Å². The normalized spacial score (nSPS) is 19.7. The molecule has 150 valence electrons. The molecule has 0 aliphatic carbocycles. The van der Waals surface area contributed by atoms with Gasteiger partial charge < -0.3 is 4.74 Å². The van der Waals surface area contributed by atoms with Crippen molar-refractivity contribution in [1.82, 2.24) is 14.3 Å². The molecule has 1 fully saturated rings. The third-order valence-electron chi connectivity index (χ3n) is 5.56. The number of aromatic nitrogens is 2. The lowest BCUT2D eigenvalue weighted by Gasteiger charge is -2.43. The highest BCUT2D eigenvalue weighted by molar-refractivity contribution is 7.89. The standard InChI is InChI=1S/C20H24FN3O3S/c1-14(2)19-22-13-15-7-12-27-20(18(15)23-19)8-10-24(11-9-20)28(25,26)17-5-3-16(21)4-6-17/h3-6,13-14H,7-12H2,1-2H3. The van der Waals surface area contributed by atoms with Crippen LogP contribution in [0.25, 0.3) is 0 Å². The van der Waals surface area contributed by atoms with Crippen molar-refractivity contribution in [1.29, 1.82) is 0 Å². The van der Waals surface area contributed by atoms with Gasteiger partial charge >= 0.3 is 0 Å². The van der Waals surface area contributed by atoms with Crippen molar-refractivity contribution in [3.8, 4) is 0 Å². The minimum absolute atomic E-state index is 0.110. The highest BCUT2D eigenvalue weighted by Crippen LogP contribution is 2.41. The van der Waals surface area contributed by atoms with E-state index in [9.17, 15) is 12.8 Å². The first-order chi connectivity index (χ1) is 13.3. The molecule has 1 spiro atoms. The number of halogens is 1. The number of nitrogens with zero attached hydrogens (tertiary/aromatic N) is 3. The van der Waals surface area contributed by atoms with Gasteiger partial charge in [-0.2, -0.15) is 4.31 Å². The van der Waals surface area contributed by atoms with Gasteiger partial charge in [-0.1, -0.05) is 13.8 Å². The summed E-state index contributed by atoms with van der Waals surface area (Å²) in [6.45, 7) is 5.36. The highest BCUT2D eigenvalue weighted by Gasteiger charge is 2.44. The predicted octanol–water partition coefficient (Wildman–Crippen LogP) is 2.99. The first-order valence-corrected chi connectivity index (χ1v) is 11.0. The average molecular weight is 405 g/mol. The Balaban J connectivity index is 1.59. The second-order valence-corrected chi connectivity index (χ2v) is 9.65. The molecule has 1 saturated heterocycles. The van der Waals surface area contributed by atoms with E-state index in [2.05, 4.69) is 18.8 Å². The summed E-state index contributed by atoms with van der Waals surface area (Å²) in [5.41, 5.74) is 1.44. The number of fused-ring (bicyclic) bond motifs is 2. The zero-order valence-corrected chi connectivity index (χ0v) is 16.9. The van der Waals surface area contributed by atoms with Crippen molar-refractivity contribution in [3.05, 3.63) is 53.4 Å². The Labute approximate surface area is 164 Å². The molecule has 0 saturated carbocycles. The number of hydrogen-bond donors (Lipinski definition) is 0. The largest absolute Gasteiger partial charge is 0.368 e. The van der Waals surface area contributed by atoms with Crippen LogP contribution >= 0.6 is 0 Å². The molecule has 0 unspecified atom stereocenters. The van der Waals surface area contributed by atoms with Gasteiger partial charge in [-0.3, -0.25) is 0 Å². The van der Waals surface area contributed by atoms with Crippen LogP contribution in [0.15, 0.2) is 35.4 Å². The smallest absolute Gasteiger partial charge is 0.243 e. The van der Waals surface area contributed by atoms with Crippen molar-refractivity contribution < 1.29 is 17.5 Å². The van der Waals surface area contributed by atoms with Crippen LogP contribution in [0.2, 0.25) is 0 Å². The Morgan fingerprint density at radius 3 is 2.50 bits per heavy atom. The summed E-state index contributed by atoms with van der Waals surface area (Å²) >= 11 is 0. The van der Waals surface area contributed by atoms with Crippen LogP contribution in [-0.2, 0) is 26.8 Å². The van der Waals surface area contributed by atoms with Crippen LogP contribution in [0.1, 0.15) is 49.7 Å². The molecule has 0 atom stereocenters. The zero-order valence-electron chi connectivity index (χ0n) is 16.1. The van der Waals surface area contributed by atoms with Crippen LogP contribution in [-0.4, -0.2) is 42.4 Å². The molecule has 2 aliphatic heterocycles. The fraction of sp³-hybridized carbons (Fsp3) is 0.500. The van der Waals surface area contributed by atoms with E-state index >= 15 is 0 Å². The number of sulfonamides is 1. The van der Waals surface area contributed by atoms with Crippen LogP contribution in [0, 0.1) is 5.82 Å². The van der Waals surface area contributed by atoms with Gasteiger partial charge in [0.05, 0.1) is 17.2 Å². The second-order valence-electron chi connectivity index (χ2n) is 7.71. The monoisotopic (exact) mass is 405 g/mol. The first kappa shape index (κ1) is 19.4. The van der Waals surface area contributed by atoms with E-state index in [-0.39, 0.29) is 10.8 Å². The predicted molar refractivity (Wildman–Crippen MR) is 102 cm³/mol. The fourth-order valence-electron chi connectivity index (χ4n) is 3.93. The highest BCUT2D eigenvalue weighted by atomic mass is 32.2. The van der Waals surface area contributed by atoms with Crippen LogP contribution in [0.4, 0.5) is 4.39 Å². The van der Waals surface area contributed by atoms with Crippen molar-refractivity contribution in [3.63, 3.8) is 0 Å². The Morgan fingerprint density at radius 1 is 1.18 bits per heavy atom. The average Bonchev–Trinajstić information content (AvgIpc) is 2.69. The fourth-order valence-corrected chi connectivity index (χ4v) is 5.37. The van der Waals surface area contributed by atoms with E-state index in [0.29, 0.717) is 32.5 Å². The Kier molecular flexibility index (Phi) is 4.97. The quantitative estimate of drug-likeness (QED) is 0.785. The molecule has 0 bridgehead atoms. The van der Waals surface area contributed by atoms with E-state index in [4.69, 9.17) is 9.72 Å². The number of rotatable bonds is 3. The Bertz CT molecular complexity index is 969. The number of benzene rings is 1. The molecular formula is C20H24FN3O3S.